The molecule has 0 bridgehead atoms. The minimum absolute atomic E-state index is 0. The van der Waals surface area contributed by atoms with Gasteiger partial charge in [-0.3, -0.25) is 9.69 Å². The van der Waals surface area contributed by atoms with E-state index in [2.05, 4.69) is 22.0 Å². The molecular weight excluding hydrogens is 521 g/mol. The highest BCUT2D eigenvalue weighted by Gasteiger charge is 2.24. The maximum atomic E-state index is 12.4. The predicted molar refractivity (Wildman–Crippen MR) is 138 cm³/mol. The number of hydrogen-bond donors (Lipinski definition) is 1. The van der Waals surface area contributed by atoms with Gasteiger partial charge in [-0.1, -0.05) is 6.07 Å². The summed E-state index contributed by atoms with van der Waals surface area (Å²) in [5.41, 5.74) is 0. The van der Waals surface area contributed by atoms with Gasteiger partial charge >= 0.3 is 0 Å². The lowest BCUT2D eigenvalue weighted by Crippen LogP contribution is -2.54. The number of nitrogens with zero attached hydrogens (tertiary/aromatic N) is 4. The summed E-state index contributed by atoms with van der Waals surface area (Å²) >= 11 is 0. The summed E-state index contributed by atoms with van der Waals surface area (Å²) in [7, 11) is 1.65. The SMILES string of the molecule is CCNC(=NCC(C)Oc1cccc(OC)c1)N1CCN(CC(=O)N2CCCC2)CC1.I. The van der Waals surface area contributed by atoms with Gasteiger partial charge in [0.15, 0.2) is 5.96 Å². The van der Waals surface area contributed by atoms with Crippen LogP contribution in [-0.2, 0) is 4.79 Å². The molecule has 9 heteroatoms. The van der Waals surface area contributed by atoms with Crippen LogP contribution in [-0.4, -0.2) is 98.7 Å². The van der Waals surface area contributed by atoms with Gasteiger partial charge < -0.3 is 24.6 Å². The molecule has 0 aromatic heterocycles. The molecule has 0 aliphatic carbocycles. The molecule has 2 fully saturated rings. The van der Waals surface area contributed by atoms with E-state index in [-0.39, 0.29) is 36.0 Å². The summed E-state index contributed by atoms with van der Waals surface area (Å²) in [6.07, 6.45) is 2.23. The average molecular weight is 559 g/mol. The van der Waals surface area contributed by atoms with E-state index < -0.39 is 0 Å². The fourth-order valence-corrected chi connectivity index (χ4v) is 3.96. The molecule has 1 aromatic carbocycles. The third-order valence-electron chi connectivity index (χ3n) is 5.70. The molecular formula is C23H38IN5O3. The first-order valence-corrected chi connectivity index (χ1v) is 11.4. The van der Waals surface area contributed by atoms with Crippen molar-refractivity contribution in [2.75, 3.05) is 66.0 Å². The van der Waals surface area contributed by atoms with Crippen molar-refractivity contribution < 1.29 is 14.3 Å². The van der Waals surface area contributed by atoms with Crippen LogP contribution in [0.2, 0.25) is 0 Å². The van der Waals surface area contributed by atoms with Gasteiger partial charge in [0.25, 0.3) is 0 Å². The van der Waals surface area contributed by atoms with E-state index in [1.54, 1.807) is 7.11 Å². The molecule has 1 aromatic rings. The van der Waals surface area contributed by atoms with Crippen molar-refractivity contribution in [1.29, 1.82) is 0 Å². The van der Waals surface area contributed by atoms with Gasteiger partial charge in [0.05, 0.1) is 20.2 Å². The van der Waals surface area contributed by atoms with Gasteiger partial charge in [-0.2, -0.15) is 0 Å². The molecule has 1 amide bonds. The molecule has 2 saturated heterocycles. The van der Waals surface area contributed by atoms with E-state index in [4.69, 9.17) is 14.5 Å². The molecule has 2 heterocycles. The molecule has 1 atom stereocenters. The topological polar surface area (TPSA) is 69.6 Å². The van der Waals surface area contributed by atoms with E-state index >= 15 is 0 Å². The standard InChI is InChI=1S/C23H37N5O3.HI/c1-4-24-23(25-17-19(2)31-21-9-7-8-20(16-21)30-3)28-14-12-26(13-15-28)18-22(29)27-10-5-6-11-27;/h7-9,16,19H,4-6,10-15,17-18H2,1-3H3,(H,24,25);1H. The number of rotatable bonds is 8. The Labute approximate surface area is 209 Å². The summed E-state index contributed by atoms with van der Waals surface area (Å²) in [5, 5.41) is 3.40. The number of halogens is 1. The maximum Gasteiger partial charge on any atom is 0.236 e. The van der Waals surface area contributed by atoms with Crippen LogP contribution in [0.1, 0.15) is 26.7 Å². The monoisotopic (exact) mass is 559 g/mol. The minimum atomic E-state index is -0.0554. The second kappa shape index (κ2) is 13.7. The summed E-state index contributed by atoms with van der Waals surface area (Å²) in [5.74, 6) is 2.75. The van der Waals surface area contributed by atoms with Crippen molar-refractivity contribution >= 4 is 35.8 Å². The van der Waals surface area contributed by atoms with Crippen molar-refractivity contribution in [3.05, 3.63) is 24.3 Å². The number of nitrogens with one attached hydrogen (secondary N) is 1. The zero-order chi connectivity index (χ0) is 22.1. The number of carbonyl (C=O) groups excluding carboxylic acids is 1. The zero-order valence-electron chi connectivity index (χ0n) is 19.6. The zero-order valence-corrected chi connectivity index (χ0v) is 21.9. The van der Waals surface area contributed by atoms with Crippen molar-refractivity contribution in [1.82, 2.24) is 20.0 Å². The van der Waals surface area contributed by atoms with Crippen molar-refractivity contribution in [3.63, 3.8) is 0 Å². The second-order valence-electron chi connectivity index (χ2n) is 8.15. The first-order valence-electron chi connectivity index (χ1n) is 11.4. The molecule has 1 N–H and O–H groups in total. The molecule has 1 unspecified atom stereocenters. The number of likely N-dealkylation sites (tertiary alicyclic amines) is 1. The fourth-order valence-electron chi connectivity index (χ4n) is 3.96. The molecule has 180 valence electrons. The quantitative estimate of drug-likeness (QED) is 0.300. The Bertz CT molecular complexity index is 734. The summed E-state index contributed by atoms with van der Waals surface area (Å²) in [6, 6.07) is 7.63. The molecule has 0 saturated carbocycles. The van der Waals surface area contributed by atoms with Crippen molar-refractivity contribution in [2.45, 2.75) is 32.8 Å². The number of carbonyl (C=O) groups is 1. The Kier molecular flexibility index (Phi) is 11.4. The Morgan fingerprint density at radius 3 is 2.44 bits per heavy atom. The average Bonchev–Trinajstić information content (AvgIpc) is 3.32. The van der Waals surface area contributed by atoms with Crippen LogP contribution in [0, 0.1) is 0 Å². The Morgan fingerprint density at radius 1 is 1.09 bits per heavy atom. The highest BCUT2D eigenvalue weighted by Crippen LogP contribution is 2.20. The molecule has 2 aliphatic heterocycles. The lowest BCUT2D eigenvalue weighted by atomic mass is 10.3. The third-order valence-corrected chi connectivity index (χ3v) is 5.70. The van der Waals surface area contributed by atoms with E-state index in [1.165, 1.54) is 0 Å². The van der Waals surface area contributed by atoms with Crippen molar-refractivity contribution in [3.8, 4) is 11.5 Å². The van der Waals surface area contributed by atoms with Gasteiger partial charge in [0.1, 0.15) is 17.6 Å². The van der Waals surface area contributed by atoms with Gasteiger partial charge in [-0.05, 0) is 38.8 Å². The van der Waals surface area contributed by atoms with Crippen LogP contribution in [0.4, 0.5) is 0 Å². The van der Waals surface area contributed by atoms with E-state index in [0.717, 1.165) is 76.1 Å². The molecule has 3 rings (SSSR count). The molecule has 0 radical (unpaired) electrons. The largest absolute Gasteiger partial charge is 0.497 e. The van der Waals surface area contributed by atoms with Crippen LogP contribution in [0.5, 0.6) is 11.5 Å². The lowest BCUT2D eigenvalue weighted by Gasteiger charge is -2.36. The number of guanidine groups is 1. The molecule has 0 spiro atoms. The third kappa shape index (κ3) is 7.99. The smallest absolute Gasteiger partial charge is 0.236 e. The molecule has 32 heavy (non-hydrogen) atoms. The second-order valence-corrected chi connectivity index (χ2v) is 8.15. The number of ether oxygens (including phenoxy) is 2. The van der Waals surface area contributed by atoms with E-state index in [0.29, 0.717) is 13.1 Å². The first kappa shape index (κ1) is 26.5. The van der Waals surface area contributed by atoms with Gasteiger partial charge in [-0.25, -0.2) is 4.99 Å². The van der Waals surface area contributed by atoms with Gasteiger partial charge in [0, 0.05) is 51.9 Å². The van der Waals surface area contributed by atoms with Crippen LogP contribution in [0.3, 0.4) is 0 Å². The van der Waals surface area contributed by atoms with Crippen molar-refractivity contribution in [2.24, 2.45) is 4.99 Å². The lowest BCUT2D eigenvalue weighted by molar-refractivity contribution is -0.131. The Morgan fingerprint density at radius 2 is 1.78 bits per heavy atom. The first-order chi connectivity index (χ1) is 15.1. The predicted octanol–water partition coefficient (Wildman–Crippen LogP) is 2.29. The van der Waals surface area contributed by atoms with E-state index in [1.807, 2.05) is 36.1 Å². The number of amides is 1. The van der Waals surface area contributed by atoms with Gasteiger partial charge in [-0.15, -0.1) is 24.0 Å². The fraction of sp³-hybridized carbons (Fsp3) is 0.652. The Hall–Kier alpha value is -1.75. The van der Waals surface area contributed by atoms with E-state index in [9.17, 15) is 4.79 Å². The highest BCUT2D eigenvalue weighted by atomic mass is 127. The van der Waals surface area contributed by atoms with Crippen LogP contribution >= 0.6 is 24.0 Å². The highest BCUT2D eigenvalue weighted by molar-refractivity contribution is 14.0. The Balaban J connectivity index is 0.00000363. The minimum Gasteiger partial charge on any atom is -0.497 e. The number of methoxy groups -OCH3 is 1. The summed E-state index contributed by atoms with van der Waals surface area (Å²) < 4.78 is 11.3. The van der Waals surface area contributed by atoms with Crippen LogP contribution in [0.15, 0.2) is 29.3 Å². The summed E-state index contributed by atoms with van der Waals surface area (Å²) in [6.45, 7) is 11.3. The normalized spacial score (nSPS) is 18.2. The maximum absolute atomic E-state index is 12.4. The van der Waals surface area contributed by atoms with Crippen LogP contribution < -0.4 is 14.8 Å². The number of benzene rings is 1. The van der Waals surface area contributed by atoms with Crippen LogP contribution in [0.25, 0.3) is 0 Å². The molecule has 2 aliphatic rings. The van der Waals surface area contributed by atoms with Gasteiger partial charge in [0.2, 0.25) is 5.91 Å². The summed E-state index contributed by atoms with van der Waals surface area (Å²) in [4.78, 5) is 23.8. The molecule has 8 nitrogen and oxygen atoms in total. The number of piperazine rings is 1. The number of aliphatic imine (C=N–C) groups is 1. The number of hydrogen-bond acceptors (Lipinski definition) is 5.